The summed E-state index contributed by atoms with van der Waals surface area (Å²) in [6.45, 7) is 4.52. The van der Waals surface area contributed by atoms with Crippen molar-refractivity contribution in [3.8, 4) is 11.6 Å². The number of anilines is 1. The number of nitrogens with zero attached hydrogens (tertiary/aromatic N) is 2. The topological polar surface area (TPSA) is 47.0 Å². The van der Waals surface area contributed by atoms with Gasteiger partial charge in [-0.05, 0) is 19.1 Å². The van der Waals surface area contributed by atoms with Gasteiger partial charge in [0.15, 0.2) is 11.6 Å². The van der Waals surface area contributed by atoms with Crippen molar-refractivity contribution in [1.29, 1.82) is 0 Å². The maximum absolute atomic E-state index is 13.6. The van der Waals surface area contributed by atoms with E-state index in [-0.39, 0.29) is 11.6 Å². The summed E-state index contributed by atoms with van der Waals surface area (Å²) >= 11 is 0. The van der Waals surface area contributed by atoms with Crippen LogP contribution in [0, 0.1) is 11.6 Å². The smallest absolute Gasteiger partial charge is 0.224 e. The molecule has 0 saturated heterocycles. The van der Waals surface area contributed by atoms with E-state index in [9.17, 15) is 8.78 Å². The van der Waals surface area contributed by atoms with E-state index >= 15 is 0 Å². The summed E-state index contributed by atoms with van der Waals surface area (Å²) in [5.74, 6) is -0.861. The van der Waals surface area contributed by atoms with E-state index in [1.54, 1.807) is 6.07 Å². The van der Waals surface area contributed by atoms with E-state index in [1.807, 2.05) is 13.8 Å². The predicted molar refractivity (Wildman–Crippen MR) is 72.0 cm³/mol. The molecule has 0 fully saturated rings. The Hall–Kier alpha value is -2.24. The van der Waals surface area contributed by atoms with Crippen LogP contribution in [0.15, 0.2) is 24.3 Å². The summed E-state index contributed by atoms with van der Waals surface area (Å²) < 4.78 is 32.0. The maximum atomic E-state index is 13.6. The number of hydrogen-bond donors (Lipinski definition) is 1. The van der Waals surface area contributed by atoms with Crippen LogP contribution in [0.4, 0.5) is 14.6 Å². The molecule has 0 aliphatic carbocycles. The molecule has 1 aromatic carbocycles. The van der Waals surface area contributed by atoms with Crippen LogP contribution in [-0.4, -0.2) is 16.5 Å². The molecule has 1 aromatic heterocycles. The van der Waals surface area contributed by atoms with Crippen LogP contribution < -0.4 is 10.1 Å². The fraction of sp³-hybridized carbons (Fsp3) is 0.286. The van der Waals surface area contributed by atoms with Crippen LogP contribution in [0.2, 0.25) is 0 Å². The first-order valence-electron chi connectivity index (χ1n) is 6.37. The number of aryl methyl sites for hydroxylation is 1. The van der Waals surface area contributed by atoms with Gasteiger partial charge >= 0.3 is 0 Å². The number of rotatable bonds is 5. The van der Waals surface area contributed by atoms with Gasteiger partial charge in [-0.15, -0.1) is 0 Å². The molecule has 0 unspecified atom stereocenters. The molecular weight excluding hydrogens is 264 g/mol. The molecule has 4 nitrogen and oxygen atoms in total. The van der Waals surface area contributed by atoms with Gasteiger partial charge < -0.3 is 10.1 Å². The zero-order valence-corrected chi connectivity index (χ0v) is 11.3. The molecule has 20 heavy (non-hydrogen) atoms. The maximum Gasteiger partial charge on any atom is 0.224 e. The van der Waals surface area contributed by atoms with Gasteiger partial charge in [0.1, 0.15) is 11.6 Å². The molecule has 106 valence electrons. The Labute approximate surface area is 115 Å². The van der Waals surface area contributed by atoms with Gasteiger partial charge in [0.05, 0.1) is 0 Å². The van der Waals surface area contributed by atoms with Crippen LogP contribution in [0.25, 0.3) is 0 Å². The van der Waals surface area contributed by atoms with Gasteiger partial charge in [-0.1, -0.05) is 13.0 Å². The van der Waals surface area contributed by atoms with Gasteiger partial charge in [-0.3, -0.25) is 0 Å². The highest BCUT2D eigenvalue weighted by Gasteiger charge is 2.11. The lowest BCUT2D eigenvalue weighted by Crippen LogP contribution is -2.04. The molecule has 2 rings (SSSR count). The standard InChI is InChI=1S/C14H15F2N3O/c1-3-11-18-12(17-4-2)8-13(19-11)20-10-7-5-6-9(15)14(10)16/h5-8H,3-4H2,1-2H3,(H,17,18,19). The molecule has 1 N–H and O–H groups in total. The second kappa shape index (κ2) is 6.27. The van der Waals surface area contributed by atoms with Crippen LogP contribution in [-0.2, 0) is 6.42 Å². The third kappa shape index (κ3) is 3.20. The van der Waals surface area contributed by atoms with Crippen LogP contribution in [0.5, 0.6) is 11.6 Å². The normalized spacial score (nSPS) is 10.4. The molecule has 0 aliphatic heterocycles. The third-order valence-electron chi connectivity index (χ3n) is 2.55. The molecule has 0 aliphatic rings. The molecule has 0 bridgehead atoms. The fourth-order valence-electron chi connectivity index (χ4n) is 1.63. The Morgan fingerprint density at radius 2 is 2.00 bits per heavy atom. The molecule has 2 aromatic rings. The highest BCUT2D eigenvalue weighted by atomic mass is 19.2. The van der Waals surface area contributed by atoms with Crippen molar-refractivity contribution in [3.63, 3.8) is 0 Å². The van der Waals surface area contributed by atoms with E-state index in [0.29, 0.717) is 24.6 Å². The van der Waals surface area contributed by atoms with Crippen molar-refractivity contribution in [2.45, 2.75) is 20.3 Å². The zero-order valence-electron chi connectivity index (χ0n) is 11.3. The van der Waals surface area contributed by atoms with Gasteiger partial charge in [0, 0.05) is 19.0 Å². The number of hydrogen-bond acceptors (Lipinski definition) is 4. The summed E-state index contributed by atoms with van der Waals surface area (Å²) in [4.78, 5) is 8.39. The Morgan fingerprint density at radius 3 is 2.70 bits per heavy atom. The Balaban J connectivity index is 2.32. The number of aromatic nitrogens is 2. The van der Waals surface area contributed by atoms with Crippen LogP contribution >= 0.6 is 0 Å². The van der Waals surface area contributed by atoms with E-state index in [1.165, 1.54) is 12.1 Å². The lowest BCUT2D eigenvalue weighted by molar-refractivity contribution is 0.403. The molecule has 6 heteroatoms. The quantitative estimate of drug-likeness (QED) is 0.909. The number of benzene rings is 1. The SMILES string of the molecule is CCNc1cc(Oc2cccc(F)c2F)nc(CC)n1. The first-order chi connectivity index (χ1) is 9.63. The molecule has 0 spiro atoms. The third-order valence-corrected chi connectivity index (χ3v) is 2.55. The van der Waals surface area contributed by atoms with Crippen LogP contribution in [0.3, 0.4) is 0 Å². The Kier molecular flexibility index (Phi) is 4.45. The predicted octanol–water partition coefficient (Wildman–Crippen LogP) is 3.54. The number of halogens is 2. The van der Waals surface area contributed by atoms with Gasteiger partial charge in [0.25, 0.3) is 0 Å². The van der Waals surface area contributed by atoms with Crippen molar-refractivity contribution >= 4 is 5.82 Å². The second-order valence-electron chi connectivity index (χ2n) is 4.05. The number of ether oxygens (including phenoxy) is 1. The lowest BCUT2D eigenvalue weighted by atomic mass is 10.3. The van der Waals surface area contributed by atoms with E-state index in [2.05, 4.69) is 15.3 Å². The van der Waals surface area contributed by atoms with Gasteiger partial charge in [0.2, 0.25) is 11.7 Å². The van der Waals surface area contributed by atoms with Gasteiger partial charge in [-0.25, -0.2) is 9.37 Å². The van der Waals surface area contributed by atoms with Crippen molar-refractivity contribution in [1.82, 2.24) is 9.97 Å². The van der Waals surface area contributed by atoms with Crippen molar-refractivity contribution in [2.24, 2.45) is 0 Å². The van der Waals surface area contributed by atoms with E-state index in [0.717, 1.165) is 6.07 Å². The minimum absolute atomic E-state index is 0.178. The second-order valence-corrected chi connectivity index (χ2v) is 4.05. The van der Waals surface area contributed by atoms with Crippen molar-refractivity contribution < 1.29 is 13.5 Å². The first-order valence-corrected chi connectivity index (χ1v) is 6.37. The molecule has 0 amide bonds. The zero-order chi connectivity index (χ0) is 14.5. The first kappa shape index (κ1) is 14.2. The van der Waals surface area contributed by atoms with Gasteiger partial charge in [-0.2, -0.15) is 9.37 Å². The molecule has 0 radical (unpaired) electrons. The largest absolute Gasteiger partial charge is 0.436 e. The molecular formula is C14H15F2N3O. The summed E-state index contributed by atoms with van der Waals surface area (Å²) in [5, 5.41) is 3.04. The fourth-order valence-corrected chi connectivity index (χ4v) is 1.63. The molecule has 1 heterocycles. The highest BCUT2D eigenvalue weighted by molar-refractivity contribution is 5.40. The highest BCUT2D eigenvalue weighted by Crippen LogP contribution is 2.25. The summed E-state index contributed by atoms with van der Waals surface area (Å²) in [5.41, 5.74) is 0. The Bertz CT molecular complexity index is 605. The Morgan fingerprint density at radius 1 is 1.20 bits per heavy atom. The average molecular weight is 279 g/mol. The molecule has 0 saturated carbocycles. The van der Waals surface area contributed by atoms with Crippen molar-refractivity contribution in [3.05, 3.63) is 41.7 Å². The lowest BCUT2D eigenvalue weighted by Gasteiger charge is -2.09. The number of nitrogens with one attached hydrogen (secondary N) is 1. The van der Waals surface area contributed by atoms with Crippen LogP contribution in [0.1, 0.15) is 19.7 Å². The minimum atomic E-state index is -1.03. The molecule has 0 atom stereocenters. The summed E-state index contributed by atoms with van der Waals surface area (Å²) in [6, 6.07) is 5.30. The van der Waals surface area contributed by atoms with E-state index < -0.39 is 11.6 Å². The van der Waals surface area contributed by atoms with E-state index in [4.69, 9.17) is 4.74 Å². The minimum Gasteiger partial charge on any atom is -0.436 e. The average Bonchev–Trinajstić information content (AvgIpc) is 2.44. The summed E-state index contributed by atoms with van der Waals surface area (Å²) in [7, 11) is 0. The monoisotopic (exact) mass is 279 g/mol. The summed E-state index contributed by atoms with van der Waals surface area (Å²) in [6.07, 6.45) is 0.612. The van der Waals surface area contributed by atoms with Crippen molar-refractivity contribution in [2.75, 3.05) is 11.9 Å².